The zero-order valence-electron chi connectivity index (χ0n) is 13.0. The van der Waals surface area contributed by atoms with Gasteiger partial charge in [-0.1, -0.05) is 12.1 Å². The normalized spacial score (nSPS) is 20.4. The lowest BCUT2D eigenvalue weighted by Gasteiger charge is -2.11. The molecule has 2 atom stereocenters. The van der Waals surface area contributed by atoms with Crippen molar-refractivity contribution in [2.75, 3.05) is 7.11 Å². The first-order chi connectivity index (χ1) is 11.2. The Labute approximate surface area is 133 Å². The SMILES string of the molecule is COc1cccc(C2CC(C(=O)NCc3nnc(C)o3)NN2)c1. The predicted octanol–water partition coefficient (Wildman–Crippen LogP) is 0.611. The van der Waals surface area contributed by atoms with Crippen molar-refractivity contribution in [3.05, 3.63) is 41.6 Å². The Hall–Kier alpha value is -2.45. The Morgan fingerprint density at radius 3 is 3.04 bits per heavy atom. The average Bonchev–Trinajstić information content (AvgIpc) is 3.22. The third-order valence-electron chi connectivity index (χ3n) is 3.70. The van der Waals surface area contributed by atoms with E-state index in [1.807, 2.05) is 24.3 Å². The van der Waals surface area contributed by atoms with Gasteiger partial charge in [0.05, 0.1) is 13.7 Å². The second-order valence-electron chi connectivity index (χ2n) is 5.34. The molecular weight excluding hydrogens is 298 g/mol. The topological polar surface area (TPSA) is 101 Å². The van der Waals surface area contributed by atoms with Gasteiger partial charge in [0.15, 0.2) is 0 Å². The molecule has 122 valence electrons. The number of hydrogen-bond acceptors (Lipinski definition) is 7. The van der Waals surface area contributed by atoms with Crippen LogP contribution in [0.3, 0.4) is 0 Å². The monoisotopic (exact) mass is 317 g/mol. The van der Waals surface area contributed by atoms with E-state index in [0.717, 1.165) is 11.3 Å². The van der Waals surface area contributed by atoms with Crippen molar-refractivity contribution in [2.45, 2.75) is 32.0 Å². The Morgan fingerprint density at radius 1 is 1.43 bits per heavy atom. The molecule has 1 aromatic heterocycles. The summed E-state index contributed by atoms with van der Waals surface area (Å²) < 4.78 is 10.5. The summed E-state index contributed by atoms with van der Waals surface area (Å²) in [5.74, 6) is 1.56. The van der Waals surface area contributed by atoms with Gasteiger partial charge in [0.2, 0.25) is 17.7 Å². The minimum absolute atomic E-state index is 0.0477. The van der Waals surface area contributed by atoms with E-state index >= 15 is 0 Å². The van der Waals surface area contributed by atoms with Crippen molar-refractivity contribution < 1.29 is 13.9 Å². The fourth-order valence-electron chi connectivity index (χ4n) is 2.50. The Morgan fingerprint density at radius 2 is 2.30 bits per heavy atom. The third kappa shape index (κ3) is 3.66. The van der Waals surface area contributed by atoms with Crippen molar-refractivity contribution in [1.82, 2.24) is 26.4 Å². The molecule has 1 saturated heterocycles. The number of rotatable bonds is 5. The highest BCUT2D eigenvalue weighted by Crippen LogP contribution is 2.25. The fourth-order valence-corrected chi connectivity index (χ4v) is 2.50. The average molecular weight is 317 g/mol. The molecule has 0 aliphatic carbocycles. The highest BCUT2D eigenvalue weighted by molar-refractivity contribution is 5.82. The van der Waals surface area contributed by atoms with Crippen LogP contribution < -0.4 is 20.9 Å². The summed E-state index contributed by atoms with van der Waals surface area (Å²) in [6, 6.07) is 7.51. The number of hydrogen-bond donors (Lipinski definition) is 3. The molecule has 1 amide bonds. The lowest BCUT2D eigenvalue weighted by molar-refractivity contribution is -0.123. The number of nitrogens with zero attached hydrogens (tertiary/aromatic N) is 2. The van der Waals surface area contributed by atoms with E-state index in [1.165, 1.54) is 0 Å². The largest absolute Gasteiger partial charge is 0.497 e. The van der Waals surface area contributed by atoms with Gasteiger partial charge in [0, 0.05) is 13.0 Å². The standard InChI is InChI=1S/C15H19N5O3/c1-9-17-20-14(23-9)8-16-15(21)13-7-12(18-19-13)10-4-3-5-11(6-10)22-2/h3-6,12-13,18-19H,7-8H2,1-2H3,(H,16,21). The number of amides is 1. The molecule has 8 heteroatoms. The molecule has 2 heterocycles. The maximum atomic E-state index is 12.2. The van der Waals surface area contributed by atoms with Crippen LogP contribution in [-0.2, 0) is 11.3 Å². The molecule has 1 fully saturated rings. The molecule has 2 unspecified atom stereocenters. The summed E-state index contributed by atoms with van der Waals surface area (Å²) in [6.07, 6.45) is 0.641. The number of aryl methyl sites for hydroxylation is 1. The number of aromatic nitrogens is 2. The number of carbonyl (C=O) groups excluding carboxylic acids is 1. The van der Waals surface area contributed by atoms with Gasteiger partial charge in [-0.05, 0) is 24.1 Å². The number of ether oxygens (including phenoxy) is 1. The number of hydrazine groups is 1. The lowest BCUT2D eigenvalue weighted by Crippen LogP contribution is -2.42. The van der Waals surface area contributed by atoms with Gasteiger partial charge in [-0.15, -0.1) is 10.2 Å². The third-order valence-corrected chi connectivity index (χ3v) is 3.70. The Balaban J connectivity index is 1.55. The summed E-state index contributed by atoms with van der Waals surface area (Å²) >= 11 is 0. The first kappa shape index (κ1) is 15.4. The zero-order chi connectivity index (χ0) is 16.2. The van der Waals surface area contributed by atoms with Gasteiger partial charge >= 0.3 is 0 Å². The van der Waals surface area contributed by atoms with Crippen LogP contribution in [0.25, 0.3) is 0 Å². The summed E-state index contributed by atoms with van der Waals surface area (Å²) in [7, 11) is 1.63. The molecule has 0 spiro atoms. The van der Waals surface area contributed by atoms with Crippen LogP contribution in [0.1, 0.15) is 29.8 Å². The highest BCUT2D eigenvalue weighted by Gasteiger charge is 2.30. The number of methoxy groups -OCH3 is 1. The highest BCUT2D eigenvalue weighted by atomic mass is 16.5. The summed E-state index contributed by atoms with van der Waals surface area (Å²) in [5, 5.41) is 10.4. The molecule has 0 saturated carbocycles. The molecule has 3 rings (SSSR count). The Bertz CT molecular complexity index is 687. The number of carbonyl (C=O) groups is 1. The first-order valence-corrected chi connectivity index (χ1v) is 7.37. The van der Waals surface area contributed by atoms with E-state index in [2.05, 4.69) is 26.4 Å². The van der Waals surface area contributed by atoms with Crippen LogP contribution >= 0.6 is 0 Å². The van der Waals surface area contributed by atoms with E-state index in [-0.39, 0.29) is 24.5 Å². The van der Waals surface area contributed by atoms with Crippen LogP contribution in [-0.4, -0.2) is 29.3 Å². The maximum absolute atomic E-state index is 12.2. The Kier molecular flexibility index (Phi) is 4.54. The molecule has 2 aromatic rings. The van der Waals surface area contributed by atoms with Crippen molar-refractivity contribution in [3.63, 3.8) is 0 Å². The van der Waals surface area contributed by atoms with Gasteiger partial charge in [-0.25, -0.2) is 10.9 Å². The van der Waals surface area contributed by atoms with E-state index in [0.29, 0.717) is 18.2 Å². The smallest absolute Gasteiger partial charge is 0.239 e. The van der Waals surface area contributed by atoms with Crippen LogP contribution in [0.2, 0.25) is 0 Å². The van der Waals surface area contributed by atoms with Crippen LogP contribution in [0.15, 0.2) is 28.7 Å². The van der Waals surface area contributed by atoms with E-state index in [9.17, 15) is 4.79 Å². The van der Waals surface area contributed by atoms with E-state index < -0.39 is 0 Å². The summed E-state index contributed by atoms with van der Waals surface area (Å²) in [5.41, 5.74) is 7.22. The van der Waals surface area contributed by atoms with Gasteiger partial charge in [-0.2, -0.15) is 0 Å². The maximum Gasteiger partial charge on any atom is 0.239 e. The molecule has 1 aliphatic heterocycles. The predicted molar refractivity (Wildman–Crippen MR) is 81.3 cm³/mol. The van der Waals surface area contributed by atoms with Crippen molar-refractivity contribution in [3.8, 4) is 5.75 Å². The molecule has 1 aromatic carbocycles. The molecule has 23 heavy (non-hydrogen) atoms. The summed E-state index contributed by atoms with van der Waals surface area (Å²) in [4.78, 5) is 12.2. The van der Waals surface area contributed by atoms with Crippen LogP contribution in [0, 0.1) is 6.92 Å². The van der Waals surface area contributed by atoms with Gasteiger partial charge in [0.1, 0.15) is 11.8 Å². The van der Waals surface area contributed by atoms with Crippen molar-refractivity contribution in [2.24, 2.45) is 0 Å². The van der Waals surface area contributed by atoms with E-state index in [4.69, 9.17) is 9.15 Å². The van der Waals surface area contributed by atoms with E-state index in [1.54, 1.807) is 14.0 Å². The molecule has 1 aliphatic rings. The van der Waals surface area contributed by atoms with Crippen LogP contribution in [0.4, 0.5) is 0 Å². The summed E-state index contributed by atoms with van der Waals surface area (Å²) in [6.45, 7) is 1.93. The van der Waals surface area contributed by atoms with Gasteiger partial charge in [0.25, 0.3) is 0 Å². The second kappa shape index (κ2) is 6.76. The molecule has 0 radical (unpaired) electrons. The molecular formula is C15H19N5O3. The van der Waals surface area contributed by atoms with Crippen LogP contribution in [0.5, 0.6) is 5.75 Å². The second-order valence-corrected chi connectivity index (χ2v) is 5.34. The first-order valence-electron chi connectivity index (χ1n) is 7.37. The fraction of sp³-hybridized carbons (Fsp3) is 0.400. The quantitative estimate of drug-likeness (QED) is 0.742. The van der Waals surface area contributed by atoms with Gasteiger partial charge < -0.3 is 14.5 Å². The molecule has 0 bridgehead atoms. The minimum Gasteiger partial charge on any atom is -0.497 e. The van der Waals surface area contributed by atoms with Crippen molar-refractivity contribution in [1.29, 1.82) is 0 Å². The lowest BCUT2D eigenvalue weighted by atomic mass is 10.0. The minimum atomic E-state index is -0.324. The molecule has 3 N–H and O–H groups in total. The molecule has 8 nitrogen and oxygen atoms in total. The van der Waals surface area contributed by atoms with Crippen molar-refractivity contribution >= 4 is 5.91 Å². The zero-order valence-corrected chi connectivity index (χ0v) is 13.0. The number of benzene rings is 1. The van der Waals surface area contributed by atoms with Gasteiger partial charge in [-0.3, -0.25) is 4.79 Å². The number of nitrogens with one attached hydrogen (secondary N) is 3.